The number of aliphatic hydroxyl groups excluding tert-OH is 1. The first-order chi connectivity index (χ1) is 11.7. The molecule has 3 N–H and O–H groups in total. The van der Waals surface area contributed by atoms with Gasteiger partial charge < -0.3 is 29.7 Å². The average Bonchev–Trinajstić information content (AvgIpc) is 2.49. The lowest BCUT2D eigenvalue weighted by Crippen LogP contribution is -2.64. The average molecular weight is 380 g/mol. The smallest absolute Gasteiger partial charge is 0.223 e. The molecule has 7 nitrogen and oxygen atoms in total. The van der Waals surface area contributed by atoms with Crippen molar-refractivity contribution in [1.82, 2.24) is 5.32 Å². The van der Waals surface area contributed by atoms with Crippen LogP contribution < -0.4 is 5.32 Å². The van der Waals surface area contributed by atoms with Gasteiger partial charge in [0.15, 0.2) is 6.29 Å². The zero-order valence-corrected chi connectivity index (χ0v) is 16.5. The molecule has 0 aromatic carbocycles. The van der Waals surface area contributed by atoms with Crippen LogP contribution in [0.4, 0.5) is 0 Å². The molecule has 1 fully saturated rings. The van der Waals surface area contributed by atoms with Gasteiger partial charge in [-0.15, -0.1) is 0 Å². The van der Waals surface area contributed by atoms with Crippen molar-refractivity contribution < 1.29 is 29.2 Å². The molecule has 0 spiro atoms. The molecule has 0 saturated carbocycles. The molecule has 1 aliphatic rings. The van der Waals surface area contributed by atoms with Crippen molar-refractivity contribution in [2.75, 3.05) is 19.5 Å². The topological polar surface area (TPSA) is 97.2 Å². The number of nitrogens with one attached hydrogen (secondary N) is 1. The van der Waals surface area contributed by atoms with Gasteiger partial charge in [-0.2, -0.15) is 12.6 Å². The lowest BCUT2D eigenvalue weighted by molar-refractivity contribution is -0.277. The highest BCUT2D eigenvalue weighted by Crippen LogP contribution is 2.24. The second-order valence-electron chi connectivity index (χ2n) is 7.14. The van der Waals surface area contributed by atoms with Crippen LogP contribution in [0.1, 0.15) is 46.5 Å². The predicted molar refractivity (Wildman–Crippen MR) is 97.6 cm³/mol. The third-order valence-corrected chi connectivity index (χ3v) is 4.42. The van der Waals surface area contributed by atoms with Gasteiger partial charge in [0, 0.05) is 13.7 Å². The van der Waals surface area contributed by atoms with Crippen molar-refractivity contribution in [2.24, 2.45) is 0 Å². The molecule has 0 unspecified atom stereocenters. The van der Waals surface area contributed by atoms with E-state index in [1.165, 1.54) is 7.11 Å². The zero-order valence-electron chi connectivity index (χ0n) is 15.6. The van der Waals surface area contributed by atoms with Crippen LogP contribution >= 0.6 is 12.6 Å². The highest BCUT2D eigenvalue weighted by molar-refractivity contribution is 7.80. The summed E-state index contributed by atoms with van der Waals surface area (Å²) < 4.78 is 16.9. The molecule has 1 amide bonds. The van der Waals surface area contributed by atoms with Crippen molar-refractivity contribution in [2.45, 2.75) is 82.7 Å². The summed E-state index contributed by atoms with van der Waals surface area (Å²) in [5.74, 6) is 0.496. The van der Waals surface area contributed by atoms with E-state index in [1.807, 2.05) is 0 Å². The van der Waals surface area contributed by atoms with Gasteiger partial charge in [0.05, 0.1) is 24.2 Å². The minimum absolute atomic E-state index is 0.0638. The number of rotatable bonds is 10. The second kappa shape index (κ2) is 10.7. The molecule has 0 aliphatic carbocycles. The maximum atomic E-state index is 12.1. The minimum Gasteiger partial charge on any atom is -0.390 e. The summed E-state index contributed by atoms with van der Waals surface area (Å²) in [5, 5.41) is 23.1. The van der Waals surface area contributed by atoms with Crippen LogP contribution in [0.3, 0.4) is 0 Å². The SMILES string of the molecule is CO[C@H]1[C@H](OCCCCCS)O[C@H](C)[C@@H](NC(=O)CC(C)(C)O)[C@@H]1O. The van der Waals surface area contributed by atoms with Crippen LogP contribution in [-0.2, 0) is 19.0 Å². The number of hydrogen-bond acceptors (Lipinski definition) is 7. The molecule has 1 rings (SSSR count). The Morgan fingerprint density at radius 3 is 2.56 bits per heavy atom. The standard InChI is InChI=1S/C17H33NO6S/c1-11-13(18-12(19)10-17(2,3)21)14(20)15(22-4)16(24-11)23-8-6-5-7-9-25/h11,13-16,20-21,25H,5-10H2,1-4H3,(H,18,19)/t11-,13-,14+,15-,16-/m1/s1. The summed E-state index contributed by atoms with van der Waals surface area (Å²) >= 11 is 4.17. The van der Waals surface area contributed by atoms with Gasteiger partial charge in [0.25, 0.3) is 0 Å². The van der Waals surface area contributed by atoms with Gasteiger partial charge in [0.1, 0.15) is 12.2 Å². The van der Waals surface area contributed by atoms with E-state index in [-0.39, 0.29) is 12.3 Å². The Labute approximate surface area is 155 Å². The van der Waals surface area contributed by atoms with E-state index >= 15 is 0 Å². The molecule has 0 radical (unpaired) electrons. The fourth-order valence-corrected chi connectivity index (χ4v) is 3.05. The predicted octanol–water partition coefficient (Wildman–Crippen LogP) is 0.870. The summed E-state index contributed by atoms with van der Waals surface area (Å²) in [5.41, 5.74) is -1.12. The molecule has 1 heterocycles. The van der Waals surface area contributed by atoms with Crippen molar-refractivity contribution >= 4 is 18.5 Å². The molecule has 1 aliphatic heterocycles. The van der Waals surface area contributed by atoms with E-state index in [1.54, 1.807) is 20.8 Å². The van der Waals surface area contributed by atoms with Crippen LogP contribution in [0.2, 0.25) is 0 Å². The first kappa shape index (κ1) is 22.7. The van der Waals surface area contributed by atoms with E-state index in [4.69, 9.17) is 14.2 Å². The van der Waals surface area contributed by atoms with E-state index in [9.17, 15) is 15.0 Å². The number of amides is 1. The molecular weight excluding hydrogens is 346 g/mol. The number of carbonyl (C=O) groups is 1. The Bertz CT molecular complexity index is 403. The van der Waals surface area contributed by atoms with Gasteiger partial charge >= 0.3 is 0 Å². The van der Waals surface area contributed by atoms with Crippen LogP contribution in [0.25, 0.3) is 0 Å². The quantitative estimate of drug-likeness (QED) is 0.332. The first-order valence-electron chi connectivity index (χ1n) is 8.80. The first-order valence-corrected chi connectivity index (χ1v) is 9.43. The molecule has 0 bridgehead atoms. The third kappa shape index (κ3) is 7.80. The molecule has 5 atom stereocenters. The summed E-state index contributed by atoms with van der Waals surface area (Å²) in [6, 6.07) is -0.635. The van der Waals surface area contributed by atoms with Crippen LogP contribution in [0.15, 0.2) is 0 Å². The fourth-order valence-electron chi connectivity index (χ4n) is 2.82. The molecule has 1 saturated heterocycles. The van der Waals surface area contributed by atoms with Gasteiger partial charge in [-0.25, -0.2) is 0 Å². The highest BCUT2D eigenvalue weighted by atomic mass is 32.1. The summed E-state index contributed by atoms with van der Waals surface area (Å²) in [6.45, 7) is 5.38. The summed E-state index contributed by atoms with van der Waals surface area (Å²) in [7, 11) is 1.47. The number of carbonyl (C=O) groups excluding carboxylic acids is 1. The van der Waals surface area contributed by atoms with Crippen LogP contribution in [-0.4, -0.2) is 71.8 Å². The van der Waals surface area contributed by atoms with Crippen LogP contribution in [0.5, 0.6) is 0 Å². The van der Waals surface area contributed by atoms with Crippen molar-refractivity contribution in [3.63, 3.8) is 0 Å². The number of unbranched alkanes of at least 4 members (excludes halogenated alkanes) is 2. The Balaban J connectivity index is 2.59. The number of hydrogen-bond donors (Lipinski definition) is 4. The van der Waals surface area contributed by atoms with E-state index < -0.39 is 36.2 Å². The monoisotopic (exact) mass is 379 g/mol. The fraction of sp³-hybridized carbons (Fsp3) is 0.941. The Morgan fingerprint density at radius 1 is 1.32 bits per heavy atom. The Kier molecular flexibility index (Phi) is 9.69. The Hall–Kier alpha value is -0.380. The highest BCUT2D eigenvalue weighted by Gasteiger charge is 2.45. The lowest BCUT2D eigenvalue weighted by Gasteiger charge is -2.43. The second-order valence-corrected chi connectivity index (χ2v) is 7.59. The van der Waals surface area contributed by atoms with Crippen molar-refractivity contribution in [1.29, 1.82) is 0 Å². The number of methoxy groups -OCH3 is 1. The van der Waals surface area contributed by atoms with Crippen LogP contribution in [0, 0.1) is 0 Å². The molecule has 25 heavy (non-hydrogen) atoms. The van der Waals surface area contributed by atoms with E-state index in [2.05, 4.69) is 17.9 Å². The maximum absolute atomic E-state index is 12.1. The number of ether oxygens (including phenoxy) is 3. The molecule has 0 aromatic rings. The molecule has 148 valence electrons. The molecular formula is C17H33NO6S. The lowest BCUT2D eigenvalue weighted by atomic mass is 9.96. The third-order valence-electron chi connectivity index (χ3n) is 4.10. The summed E-state index contributed by atoms with van der Waals surface area (Å²) in [6.07, 6.45) is 0.0545. The number of aliphatic hydroxyl groups is 2. The van der Waals surface area contributed by atoms with Gasteiger partial charge in [-0.05, 0) is 39.4 Å². The van der Waals surface area contributed by atoms with Crippen molar-refractivity contribution in [3.05, 3.63) is 0 Å². The largest absolute Gasteiger partial charge is 0.390 e. The molecule has 0 aromatic heterocycles. The minimum atomic E-state index is -1.12. The van der Waals surface area contributed by atoms with Gasteiger partial charge in [0.2, 0.25) is 5.91 Å². The van der Waals surface area contributed by atoms with Gasteiger partial charge in [-0.3, -0.25) is 4.79 Å². The van der Waals surface area contributed by atoms with E-state index in [0.29, 0.717) is 6.61 Å². The van der Waals surface area contributed by atoms with Gasteiger partial charge in [-0.1, -0.05) is 6.42 Å². The van der Waals surface area contributed by atoms with E-state index in [0.717, 1.165) is 25.0 Å². The normalized spacial score (nSPS) is 30.3. The van der Waals surface area contributed by atoms with Crippen molar-refractivity contribution in [3.8, 4) is 0 Å². The summed E-state index contributed by atoms with van der Waals surface area (Å²) in [4.78, 5) is 12.1. The Morgan fingerprint density at radius 2 is 2.00 bits per heavy atom. The zero-order chi connectivity index (χ0) is 19.0. The maximum Gasteiger partial charge on any atom is 0.223 e. The number of thiol groups is 1. The molecule has 8 heteroatoms.